The van der Waals surface area contributed by atoms with Gasteiger partial charge in [0.1, 0.15) is 5.75 Å². The number of ether oxygens (including phenoxy) is 1. The van der Waals surface area contributed by atoms with E-state index in [0.29, 0.717) is 18.7 Å². The van der Waals surface area contributed by atoms with Crippen molar-refractivity contribution >= 4 is 11.6 Å². The van der Waals surface area contributed by atoms with Gasteiger partial charge in [0.05, 0.1) is 12.3 Å². The van der Waals surface area contributed by atoms with Crippen LogP contribution in [0, 0.1) is 5.92 Å². The van der Waals surface area contributed by atoms with E-state index in [4.69, 9.17) is 10.5 Å². The Bertz CT molecular complexity index is 508. The molecule has 2 N–H and O–H groups in total. The summed E-state index contributed by atoms with van der Waals surface area (Å²) in [4.78, 5) is 14.3. The Balaban J connectivity index is 1.81. The summed E-state index contributed by atoms with van der Waals surface area (Å²) in [5, 5.41) is 0. The summed E-state index contributed by atoms with van der Waals surface area (Å²) in [6.07, 6.45) is 5.69. The number of nitrogens with two attached hydrogens (primary N) is 1. The number of rotatable bonds is 7. The second kappa shape index (κ2) is 8.80. The van der Waals surface area contributed by atoms with Gasteiger partial charge in [-0.25, -0.2) is 0 Å². The number of carbonyl (C=O) groups excluding carboxylic acids is 1. The molecule has 0 bridgehead atoms. The van der Waals surface area contributed by atoms with Gasteiger partial charge in [-0.15, -0.1) is 0 Å². The van der Waals surface area contributed by atoms with E-state index < -0.39 is 0 Å². The lowest BCUT2D eigenvalue weighted by molar-refractivity contribution is -0.132. The van der Waals surface area contributed by atoms with Crippen LogP contribution in [0.2, 0.25) is 0 Å². The number of carbonyl (C=O) groups is 1. The van der Waals surface area contributed by atoms with Crippen molar-refractivity contribution in [2.24, 2.45) is 5.92 Å². The van der Waals surface area contributed by atoms with Gasteiger partial charge in [0.2, 0.25) is 5.91 Å². The summed E-state index contributed by atoms with van der Waals surface area (Å²) in [5.74, 6) is 1.76. The third kappa shape index (κ3) is 5.45. The fourth-order valence-electron chi connectivity index (χ4n) is 2.88. The molecule has 0 spiro atoms. The van der Waals surface area contributed by atoms with Gasteiger partial charge in [-0.1, -0.05) is 26.3 Å². The van der Waals surface area contributed by atoms with Crippen molar-refractivity contribution in [2.75, 3.05) is 25.4 Å². The molecule has 1 amide bonds. The molecule has 1 aromatic carbocycles. The van der Waals surface area contributed by atoms with Crippen LogP contribution in [0.1, 0.15) is 51.5 Å². The van der Waals surface area contributed by atoms with Crippen molar-refractivity contribution in [1.82, 2.24) is 4.90 Å². The molecule has 128 valence electrons. The highest BCUT2D eigenvalue weighted by Crippen LogP contribution is 2.24. The van der Waals surface area contributed by atoms with Gasteiger partial charge < -0.3 is 15.4 Å². The molecule has 2 rings (SSSR count). The molecule has 0 aromatic heterocycles. The Labute approximate surface area is 140 Å². The molecular weight excluding hydrogens is 288 g/mol. The smallest absolute Gasteiger partial charge is 0.222 e. The monoisotopic (exact) mass is 318 g/mol. The summed E-state index contributed by atoms with van der Waals surface area (Å²) in [5.41, 5.74) is 7.81. The first-order chi connectivity index (χ1) is 11.1. The van der Waals surface area contributed by atoms with Crippen LogP contribution in [-0.4, -0.2) is 30.5 Å². The van der Waals surface area contributed by atoms with E-state index in [1.54, 1.807) is 0 Å². The van der Waals surface area contributed by atoms with Crippen molar-refractivity contribution in [3.8, 4) is 5.75 Å². The van der Waals surface area contributed by atoms with Gasteiger partial charge in [-0.05, 0) is 49.3 Å². The molecule has 1 aliphatic heterocycles. The van der Waals surface area contributed by atoms with Crippen LogP contribution in [0.4, 0.5) is 5.69 Å². The van der Waals surface area contributed by atoms with Crippen molar-refractivity contribution in [1.29, 1.82) is 0 Å². The maximum atomic E-state index is 12.3. The highest BCUT2D eigenvalue weighted by Gasteiger charge is 2.19. The summed E-state index contributed by atoms with van der Waals surface area (Å²) in [6.45, 7) is 6.91. The minimum atomic E-state index is 0.263. The van der Waals surface area contributed by atoms with Crippen LogP contribution in [0.15, 0.2) is 18.2 Å². The summed E-state index contributed by atoms with van der Waals surface area (Å²) >= 11 is 0. The Morgan fingerprint density at radius 1 is 1.35 bits per heavy atom. The molecule has 1 fully saturated rings. The molecule has 0 unspecified atom stereocenters. The lowest BCUT2D eigenvalue weighted by atomic mass is 9.98. The normalized spacial score (nSPS) is 15.7. The number of aryl methyl sites for hydroxylation is 1. The summed E-state index contributed by atoms with van der Waals surface area (Å²) in [6, 6.07) is 5.88. The molecule has 0 aliphatic carbocycles. The minimum Gasteiger partial charge on any atom is -0.491 e. The zero-order valence-electron chi connectivity index (χ0n) is 14.5. The van der Waals surface area contributed by atoms with Gasteiger partial charge in [-0.3, -0.25) is 4.79 Å². The van der Waals surface area contributed by atoms with Crippen LogP contribution >= 0.6 is 0 Å². The van der Waals surface area contributed by atoms with E-state index in [1.165, 1.54) is 0 Å². The van der Waals surface area contributed by atoms with Gasteiger partial charge in [0, 0.05) is 19.5 Å². The van der Waals surface area contributed by atoms with E-state index in [9.17, 15) is 4.79 Å². The number of amides is 1. The maximum absolute atomic E-state index is 12.3. The van der Waals surface area contributed by atoms with E-state index in [2.05, 4.69) is 13.8 Å². The number of hydrogen-bond donors (Lipinski definition) is 1. The Morgan fingerprint density at radius 3 is 2.74 bits per heavy atom. The molecule has 4 nitrogen and oxygen atoms in total. The van der Waals surface area contributed by atoms with Gasteiger partial charge in [0.15, 0.2) is 0 Å². The Morgan fingerprint density at radius 2 is 2.09 bits per heavy atom. The number of nitrogens with zero attached hydrogens (tertiary/aromatic N) is 1. The molecule has 0 atom stereocenters. The molecular formula is C19H30N2O2. The quantitative estimate of drug-likeness (QED) is 0.617. The lowest BCUT2D eigenvalue weighted by Gasteiger charge is -2.30. The van der Waals surface area contributed by atoms with Gasteiger partial charge >= 0.3 is 0 Å². The van der Waals surface area contributed by atoms with Crippen molar-refractivity contribution in [3.63, 3.8) is 0 Å². The fourth-order valence-corrected chi connectivity index (χ4v) is 2.88. The van der Waals surface area contributed by atoms with Crippen LogP contribution in [0.3, 0.4) is 0 Å². The third-order valence-corrected chi connectivity index (χ3v) is 4.59. The number of benzene rings is 1. The van der Waals surface area contributed by atoms with E-state index in [1.807, 2.05) is 23.1 Å². The second-order valence-electron chi connectivity index (χ2n) is 6.64. The number of piperidine rings is 1. The first-order valence-corrected chi connectivity index (χ1v) is 8.89. The largest absolute Gasteiger partial charge is 0.491 e. The number of hydrogen-bond acceptors (Lipinski definition) is 3. The number of nitrogen functional groups attached to an aromatic ring is 1. The van der Waals surface area contributed by atoms with Crippen molar-refractivity contribution < 1.29 is 9.53 Å². The zero-order valence-corrected chi connectivity index (χ0v) is 14.5. The van der Waals surface area contributed by atoms with Crippen LogP contribution in [0.5, 0.6) is 5.75 Å². The van der Waals surface area contributed by atoms with Gasteiger partial charge in [0.25, 0.3) is 0 Å². The topological polar surface area (TPSA) is 55.6 Å². The molecule has 1 aromatic rings. The predicted octanol–water partition coefficient (Wildman–Crippen LogP) is 3.64. The van der Waals surface area contributed by atoms with E-state index >= 15 is 0 Å². The first-order valence-electron chi connectivity index (χ1n) is 8.89. The molecule has 1 heterocycles. The van der Waals surface area contributed by atoms with Crippen LogP contribution in [-0.2, 0) is 11.2 Å². The maximum Gasteiger partial charge on any atom is 0.222 e. The van der Waals surface area contributed by atoms with Crippen molar-refractivity contribution in [2.45, 2.75) is 52.4 Å². The molecule has 0 saturated carbocycles. The second-order valence-corrected chi connectivity index (χ2v) is 6.64. The lowest BCUT2D eigenvalue weighted by Crippen LogP contribution is -2.37. The number of likely N-dealkylation sites (tertiary alicyclic amines) is 1. The van der Waals surface area contributed by atoms with Crippen molar-refractivity contribution in [3.05, 3.63) is 23.8 Å². The highest BCUT2D eigenvalue weighted by atomic mass is 16.5. The predicted molar refractivity (Wildman–Crippen MR) is 94.6 cm³/mol. The highest BCUT2D eigenvalue weighted by molar-refractivity contribution is 5.76. The minimum absolute atomic E-state index is 0.263. The Kier molecular flexibility index (Phi) is 6.75. The molecule has 1 aliphatic rings. The van der Waals surface area contributed by atoms with Crippen LogP contribution < -0.4 is 10.5 Å². The molecule has 23 heavy (non-hydrogen) atoms. The Hall–Kier alpha value is -1.71. The molecule has 4 heteroatoms. The van der Waals surface area contributed by atoms with E-state index in [0.717, 1.165) is 62.4 Å². The van der Waals surface area contributed by atoms with Crippen LogP contribution in [0.25, 0.3) is 0 Å². The SMILES string of the molecule is CCCCOc1ccc(CCC(=O)N2CCC(C)CC2)cc1N. The first kappa shape index (κ1) is 17.6. The van der Waals surface area contributed by atoms with Gasteiger partial charge in [-0.2, -0.15) is 0 Å². The van der Waals surface area contributed by atoms with E-state index in [-0.39, 0.29) is 5.91 Å². The average molecular weight is 318 g/mol. The fraction of sp³-hybridized carbons (Fsp3) is 0.632. The number of unbranched alkanes of at least 4 members (excludes halogenated alkanes) is 1. The summed E-state index contributed by atoms with van der Waals surface area (Å²) in [7, 11) is 0. The standard InChI is InChI=1S/C19H30N2O2/c1-3-4-13-23-18-7-5-16(14-17(18)20)6-8-19(22)21-11-9-15(2)10-12-21/h5,7,14-15H,3-4,6,8-13,20H2,1-2H3. The average Bonchev–Trinajstić information content (AvgIpc) is 2.55. The molecule has 1 saturated heterocycles. The zero-order chi connectivity index (χ0) is 16.7. The number of anilines is 1. The summed E-state index contributed by atoms with van der Waals surface area (Å²) < 4.78 is 5.66. The third-order valence-electron chi connectivity index (χ3n) is 4.59. The molecule has 0 radical (unpaired) electrons.